The third-order valence-electron chi connectivity index (χ3n) is 5.81. The van der Waals surface area contributed by atoms with Crippen LogP contribution in [0.4, 0.5) is 4.79 Å². The Morgan fingerprint density at radius 2 is 1.81 bits per heavy atom. The van der Waals surface area contributed by atoms with E-state index >= 15 is 0 Å². The molecule has 0 heterocycles. The second kappa shape index (κ2) is 13.5. The largest absolute Gasteiger partial charge is 0.469 e. The molecule has 0 spiro atoms. The first-order chi connectivity index (χ1) is 15.4. The molecule has 176 valence electrons. The van der Waals surface area contributed by atoms with Gasteiger partial charge in [0.1, 0.15) is 19.0 Å². The first kappa shape index (κ1) is 25.4. The van der Waals surface area contributed by atoms with Gasteiger partial charge in [0.05, 0.1) is 7.11 Å². The second-order valence-electron chi connectivity index (χ2n) is 8.10. The summed E-state index contributed by atoms with van der Waals surface area (Å²) < 4.78 is 15.4. The number of benzene rings is 1. The van der Waals surface area contributed by atoms with Crippen molar-refractivity contribution in [3.05, 3.63) is 35.9 Å². The molecule has 1 aromatic rings. The quantitative estimate of drug-likeness (QED) is 0.226. The predicted octanol–water partition coefficient (Wildman–Crippen LogP) is 3.56. The van der Waals surface area contributed by atoms with Gasteiger partial charge in [-0.25, -0.2) is 4.79 Å². The number of hydrogen-bond acceptors (Lipinski definition) is 7. The van der Waals surface area contributed by atoms with E-state index in [4.69, 9.17) is 9.47 Å². The van der Waals surface area contributed by atoms with Crippen LogP contribution in [-0.4, -0.2) is 43.6 Å². The van der Waals surface area contributed by atoms with E-state index < -0.39 is 30.1 Å². The van der Waals surface area contributed by atoms with Crippen molar-refractivity contribution in [1.29, 1.82) is 0 Å². The topological polar surface area (TPSA) is 108 Å². The Morgan fingerprint density at radius 3 is 2.47 bits per heavy atom. The van der Waals surface area contributed by atoms with Crippen molar-refractivity contribution in [3.8, 4) is 0 Å². The number of ether oxygens (including phenoxy) is 3. The number of amides is 1. The van der Waals surface area contributed by atoms with Crippen LogP contribution in [-0.2, 0) is 35.2 Å². The van der Waals surface area contributed by atoms with E-state index in [9.17, 15) is 19.2 Å². The molecule has 1 aliphatic rings. The van der Waals surface area contributed by atoms with E-state index in [0.717, 1.165) is 37.5 Å². The van der Waals surface area contributed by atoms with Gasteiger partial charge in [-0.3, -0.25) is 9.59 Å². The molecule has 2 rings (SSSR count). The average Bonchev–Trinajstić information content (AvgIpc) is 3.09. The highest BCUT2D eigenvalue weighted by molar-refractivity contribution is 5.70. The molecular formula is C24H33NO7. The van der Waals surface area contributed by atoms with Gasteiger partial charge in [0.25, 0.3) is 0 Å². The summed E-state index contributed by atoms with van der Waals surface area (Å²) >= 11 is 0. The Morgan fingerprint density at radius 1 is 1.09 bits per heavy atom. The Bertz CT molecular complexity index is 752. The van der Waals surface area contributed by atoms with E-state index in [2.05, 4.69) is 10.1 Å². The van der Waals surface area contributed by atoms with E-state index in [1.165, 1.54) is 14.0 Å². The molecule has 1 aliphatic carbocycles. The van der Waals surface area contributed by atoms with Crippen LogP contribution in [0.5, 0.6) is 0 Å². The highest BCUT2D eigenvalue weighted by atomic mass is 16.6. The van der Waals surface area contributed by atoms with Crippen molar-refractivity contribution in [2.24, 2.45) is 11.8 Å². The summed E-state index contributed by atoms with van der Waals surface area (Å²) in [6.45, 7) is 1.47. The number of unbranched alkanes of at least 4 members (excludes halogenated alkanes) is 3. The molecule has 4 atom stereocenters. The summed E-state index contributed by atoms with van der Waals surface area (Å²) in [6.07, 6.45) is 4.61. The monoisotopic (exact) mass is 447 g/mol. The predicted molar refractivity (Wildman–Crippen MR) is 116 cm³/mol. The molecule has 1 N–H and O–H groups in total. The molecule has 0 aromatic heterocycles. The summed E-state index contributed by atoms with van der Waals surface area (Å²) in [6, 6.07) is 8.86. The molecule has 1 aromatic carbocycles. The molecular weight excluding hydrogens is 414 g/mol. The van der Waals surface area contributed by atoms with E-state index in [1.54, 1.807) is 0 Å². The maximum Gasteiger partial charge on any atom is 0.407 e. The molecule has 0 aliphatic heterocycles. The Balaban J connectivity index is 1.87. The van der Waals surface area contributed by atoms with Crippen molar-refractivity contribution < 1.29 is 33.4 Å². The van der Waals surface area contributed by atoms with Crippen LogP contribution in [0.15, 0.2) is 30.3 Å². The van der Waals surface area contributed by atoms with Crippen LogP contribution in [0, 0.1) is 11.8 Å². The molecule has 1 fully saturated rings. The van der Waals surface area contributed by atoms with Crippen molar-refractivity contribution in [2.45, 2.75) is 70.6 Å². The number of alkyl carbamates (subject to hydrolysis) is 1. The third kappa shape index (κ3) is 8.32. The highest BCUT2D eigenvalue weighted by Gasteiger charge is 2.45. The Kier molecular flexibility index (Phi) is 10.7. The molecule has 0 saturated heterocycles. The van der Waals surface area contributed by atoms with Crippen molar-refractivity contribution >= 4 is 24.3 Å². The molecule has 8 heteroatoms. The molecule has 1 saturated carbocycles. The minimum atomic E-state index is -0.601. The number of hydrogen-bond donors (Lipinski definition) is 1. The Labute approximate surface area is 189 Å². The lowest BCUT2D eigenvalue weighted by atomic mass is 9.89. The van der Waals surface area contributed by atoms with Crippen LogP contribution in [0.2, 0.25) is 0 Å². The van der Waals surface area contributed by atoms with Crippen molar-refractivity contribution in [1.82, 2.24) is 5.32 Å². The lowest BCUT2D eigenvalue weighted by Gasteiger charge is -2.22. The fourth-order valence-electron chi connectivity index (χ4n) is 4.23. The minimum Gasteiger partial charge on any atom is -0.469 e. The molecule has 0 radical (unpaired) electrons. The smallest absolute Gasteiger partial charge is 0.407 e. The number of aldehydes is 1. The van der Waals surface area contributed by atoms with Gasteiger partial charge in [-0.05, 0) is 18.4 Å². The van der Waals surface area contributed by atoms with Crippen LogP contribution < -0.4 is 5.32 Å². The first-order valence-electron chi connectivity index (χ1n) is 11.1. The maximum absolute atomic E-state index is 12.3. The average molecular weight is 448 g/mol. The molecule has 32 heavy (non-hydrogen) atoms. The van der Waals surface area contributed by atoms with Gasteiger partial charge in [0.2, 0.25) is 0 Å². The van der Waals surface area contributed by atoms with E-state index in [0.29, 0.717) is 19.3 Å². The van der Waals surface area contributed by atoms with Gasteiger partial charge >= 0.3 is 18.0 Å². The van der Waals surface area contributed by atoms with Gasteiger partial charge < -0.3 is 24.3 Å². The Hall–Kier alpha value is -2.90. The fraction of sp³-hybridized carbons (Fsp3) is 0.583. The van der Waals surface area contributed by atoms with Gasteiger partial charge in [-0.2, -0.15) is 0 Å². The number of carbonyl (C=O) groups is 4. The number of methoxy groups -OCH3 is 1. The summed E-state index contributed by atoms with van der Waals surface area (Å²) in [5, 5.41) is 2.78. The lowest BCUT2D eigenvalue weighted by Crippen LogP contribution is -2.39. The maximum atomic E-state index is 12.3. The molecule has 2 unspecified atom stereocenters. The normalized spacial score (nSPS) is 22.1. The van der Waals surface area contributed by atoms with Gasteiger partial charge in [-0.15, -0.1) is 0 Å². The van der Waals surface area contributed by atoms with Crippen LogP contribution in [0.1, 0.15) is 57.4 Å². The standard InChI is InChI=1S/C24H33NO7/c1-17(27)32-22-14-21(25-24(29)31-16-18-10-6-5-7-11-18)20(15-26)19(22)12-8-3-4-9-13-23(28)30-2/h5-7,10-11,15,19-22H,3-4,8-9,12-14,16H2,1-2H3,(H,25,29)/t19?,20-,21?,22+/m1/s1. The van der Waals surface area contributed by atoms with Gasteiger partial charge in [0.15, 0.2) is 0 Å². The van der Waals surface area contributed by atoms with Crippen LogP contribution >= 0.6 is 0 Å². The number of carbonyl (C=O) groups excluding carboxylic acids is 4. The van der Waals surface area contributed by atoms with Crippen molar-refractivity contribution in [3.63, 3.8) is 0 Å². The summed E-state index contributed by atoms with van der Waals surface area (Å²) in [5.74, 6) is -1.25. The van der Waals surface area contributed by atoms with Crippen LogP contribution in [0.25, 0.3) is 0 Å². The first-order valence-corrected chi connectivity index (χ1v) is 11.1. The summed E-state index contributed by atoms with van der Waals surface area (Å²) in [7, 11) is 1.37. The fourth-order valence-corrected chi connectivity index (χ4v) is 4.23. The molecule has 1 amide bonds. The number of rotatable bonds is 12. The number of nitrogens with one attached hydrogen (secondary N) is 1. The van der Waals surface area contributed by atoms with Gasteiger partial charge in [-0.1, -0.05) is 49.6 Å². The molecule has 0 bridgehead atoms. The second-order valence-corrected chi connectivity index (χ2v) is 8.10. The number of esters is 2. The van der Waals surface area contributed by atoms with Crippen LogP contribution in [0.3, 0.4) is 0 Å². The highest BCUT2D eigenvalue weighted by Crippen LogP contribution is 2.37. The molecule has 8 nitrogen and oxygen atoms in total. The third-order valence-corrected chi connectivity index (χ3v) is 5.81. The zero-order valence-corrected chi connectivity index (χ0v) is 18.8. The SMILES string of the molecule is COC(=O)CCCCCCC1[C@@H](C=O)C(NC(=O)OCc2ccccc2)C[C@@H]1OC(C)=O. The van der Waals surface area contributed by atoms with Gasteiger partial charge in [0, 0.05) is 37.6 Å². The van der Waals surface area contributed by atoms with Crippen molar-refractivity contribution in [2.75, 3.05) is 7.11 Å². The summed E-state index contributed by atoms with van der Waals surface area (Å²) in [4.78, 5) is 46.9. The zero-order valence-electron chi connectivity index (χ0n) is 18.8. The zero-order chi connectivity index (χ0) is 23.3. The lowest BCUT2D eigenvalue weighted by molar-refractivity contribution is -0.149. The van der Waals surface area contributed by atoms with E-state index in [-0.39, 0.29) is 18.5 Å². The minimum absolute atomic E-state index is 0.132. The summed E-state index contributed by atoms with van der Waals surface area (Å²) in [5.41, 5.74) is 0.865. The van der Waals surface area contributed by atoms with E-state index in [1.807, 2.05) is 30.3 Å².